The molecule has 0 amide bonds. The summed E-state index contributed by atoms with van der Waals surface area (Å²) in [5.74, 6) is 0. The summed E-state index contributed by atoms with van der Waals surface area (Å²) >= 11 is 0. The highest BCUT2D eigenvalue weighted by Crippen LogP contribution is 2.28. The van der Waals surface area contributed by atoms with Crippen LogP contribution in [0.25, 0.3) is 0 Å². The molecule has 2 N–H and O–H groups in total. The number of rotatable bonds is 2. The average molecular weight is 233 g/mol. The monoisotopic (exact) mass is 233 g/mol. The van der Waals surface area contributed by atoms with Gasteiger partial charge in [-0.1, -0.05) is 12.8 Å². The first kappa shape index (κ1) is 13.1. The molecule has 0 spiro atoms. The Morgan fingerprint density at radius 1 is 1.40 bits per heavy atom. The van der Waals surface area contributed by atoms with Crippen LogP contribution in [-0.2, 0) is 11.0 Å². The topological polar surface area (TPSA) is 49.3 Å². The van der Waals surface area contributed by atoms with Crippen molar-refractivity contribution >= 4 is 11.0 Å². The zero-order valence-electron chi connectivity index (χ0n) is 10.2. The first-order valence-corrected chi connectivity index (χ1v) is 6.79. The number of nitrogens with one attached hydrogen (secondary N) is 1. The van der Waals surface area contributed by atoms with Gasteiger partial charge in [0.2, 0.25) is 0 Å². The average Bonchev–Trinajstić information content (AvgIpc) is 2.06. The van der Waals surface area contributed by atoms with Crippen LogP contribution in [0, 0.1) is 0 Å². The van der Waals surface area contributed by atoms with E-state index in [1.165, 1.54) is 0 Å². The van der Waals surface area contributed by atoms with E-state index in [-0.39, 0.29) is 10.8 Å². The minimum Gasteiger partial charge on any atom is -0.389 e. The molecule has 3 nitrogen and oxygen atoms in total. The fourth-order valence-electron chi connectivity index (χ4n) is 1.81. The zero-order valence-corrected chi connectivity index (χ0v) is 11.0. The summed E-state index contributed by atoms with van der Waals surface area (Å²) < 4.78 is 14.7. The third-order valence-corrected chi connectivity index (χ3v) is 4.59. The van der Waals surface area contributed by atoms with Crippen molar-refractivity contribution in [2.75, 3.05) is 0 Å². The van der Waals surface area contributed by atoms with Gasteiger partial charge in [-0.15, -0.1) is 0 Å². The molecule has 3 atom stereocenters. The van der Waals surface area contributed by atoms with Crippen LogP contribution in [0.4, 0.5) is 0 Å². The molecule has 0 aromatic heterocycles. The Morgan fingerprint density at radius 3 is 2.47 bits per heavy atom. The van der Waals surface area contributed by atoms with Crippen LogP contribution in [0.2, 0.25) is 0 Å². The quantitative estimate of drug-likeness (QED) is 0.763. The van der Waals surface area contributed by atoms with E-state index in [1.807, 2.05) is 27.7 Å². The van der Waals surface area contributed by atoms with Crippen LogP contribution in [-0.4, -0.2) is 25.7 Å². The predicted molar refractivity (Wildman–Crippen MR) is 63.9 cm³/mol. The molecule has 1 aliphatic carbocycles. The first-order valence-electron chi connectivity index (χ1n) is 5.64. The molecule has 1 saturated carbocycles. The molecule has 0 aromatic carbocycles. The lowest BCUT2D eigenvalue weighted by molar-refractivity contribution is -0.00184. The van der Waals surface area contributed by atoms with Crippen molar-refractivity contribution < 1.29 is 9.32 Å². The van der Waals surface area contributed by atoms with Gasteiger partial charge < -0.3 is 5.11 Å². The fourth-order valence-corrected chi connectivity index (χ4v) is 2.79. The normalized spacial score (nSPS) is 35.1. The maximum absolute atomic E-state index is 11.9. The molecule has 0 bridgehead atoms. The van der Waals surface area contributed by atoms with Crippen LogP contribution in [0.3, 0.4) is 0 Å². The molecule has 0 saturated heterocycles. The highest BCUT2D eigenvalue weighted by Gasteiger charge is 2.36. The van der Waals surface area contributed by atoms with Gasteiger partial charge in [-0.3, -0.25) is 0 Å². The summed E-state index contributed by atoms with van der Waals surface area (Å²) in [5.41, 5.74) is -0.709. The lowest BCUT2D eigenvalue weighted by Gasteiger charge is -2.38. The van der Waals surface area contributed by atoms with Gasteiger partial charge in [0.1, 0.15) is 0 Å². The van der Waals surface area contributed by atoms with Gasteiger partial charge in [-0.25, -0.2) is 8.93 Å². The van der Waals surface area contributed by atoms with E-state index in [1.54, 1.807) is 0 Å². The van der Waals surface area contributed by atoms with Crippen molar-refractivity contribution in [3.05, 3.63) is 0 Å². The Morgan fingerprint density at radius 2 is 2.00 bits per heavy atom. The Bertz CT molecular complexity index is 245. The summed E-state index contributed by atoms with van der Waals surface area (Å²) in [6.45, 7) is 7.65. The second kappa shape index (κ2) is 4.52. The summed E-state index contributed by atoms with van der Waals surface area (Å²) in [6.07, 6.45) is 3.88. The Balaban J connectivity index is 2.61. The molecular formula is C11H23NO2S. The molecule has 0 aromatic rings. The van der Waals surface area contributed by atoms with Gasteiger partial charge in [-0.2, -0.15) is 0 Å². The van der Waals surface area contributed by atoms with E-state index in [9.17, 15) is 9.32 Å². The molecule has 1 rings (SSSR count). The largest absolute Gasteiger partial charge is 0.389 e. The maximum atomic E-state index is 11.9. The first-order chi connectivity index (χ1) is 6.73. The van der Waals surface area contributed by atoms with E-state index in [0.717, 1.165) is 25.7 Å². The number of aliphatic hydroxyl groups is 1. The van der Waals surface area contributed by atoms with Gasteiger partial charge in [0.15, 0.2) is 0 Å². The second-order valence-electron chi connectivity index (χ2n) is 5.65. The van der Waals surface area contributed by atoms with Crippen molar-refractivity contribution in [2.24, 2.45) is 0 Å². The van der Waals surface area contributed by atoms with Crippen LogP contribution in [0.1, 0.15) is 53.4 Å². The van der Waals surface area contributed by atoms with Gasteiger partial charge in [0.25, 0.3) is 0 Å². The van der Waals surface area contributed by atoms with E-state index >= 15 is 0 Å². The van der Waals surface area contributed by atoms with E-state index in [2.05, 4.69) is 4.72 Å². The van der Waals surface area contributed by atoms with E-state index in [0.29, 0.717) is 0 Å². The van der Waals surface area contributed by atoms with Gasteiger partial charge in [0.05, 0.1) is 21.3 Å². The van der Waals surface area contributed by atoms with Crippen molar-refractivity contribution in [1.29, 1.82) is 0 Å². The molecule has 0 heterocycles. The number of hydrogen-bond donors (Lipinski definition) is 2. The van der Waals surface area contributed by atoms with Crippen LogP contribution in [0.15, 0.2) is 0 Å². The van der Waals surface area contributed by atoms with Crippen molar-refractivity contribution in [3.8, 4) is 0 Å². The molecule has 15 heavy (non-hydrogen) atoms. The summed E-state index contributed by atoms with van der Waals surface area (Å²) in [7, 11) is -1.09. The molecule has 90 valence electrons. The molecular weight excluding hydrogens is 210 g/mol. The third kappa shape index (κ3) is 3.54. The standard InChI is InChI=1S/C11H23NO2S/c1-10(2,3)15(14)12-9-7-5-6-8-11(9,4)13/h9,12-13H,5-8H2,1-4H3/t9-,11-,15?/m0/s1. The molecule has 1 fully saturated rings. The molecule has 0 radical (unpaired) electrons. The third-order valence-electron chi connectivity index (χ3n) is 2.98. The zero-order chi connectivity index (χ0) is 11.7. The molecule has 1 aliphatic rings. The van der Waals surface area contributed by atoms with Gasteiger partial charge >= 0.3 is 0 Å². The minimum absolute atomic E-state index is 0.0358. The smallest absolute Gasteiger partial charge is 0.0973 e. The summed E-state index contributed by atoms with van der Waals surface area (Å²) in [5, 5.41) is 10.2. The predicted octanol–water partition coefficient (Wildman–Crippen LogP) is 1.73. The van der Waals surface area contributed by atoms with Gasteiger partial charge in [-0.05, 0) is 40.5 Å². The van der Waals surface area contributed by atoms with E-state index < -0.39 is 16.6 Å². The SMILES string of the molecule is CC(C)(C)S(=O)N[C@H]1CCCC[C@]1(C)O. The van der Waals surface area contributed by atoms with Gasteiger partial charge in [0, 0.05) is 6.04 Å². The highest BCUT2D eigenvalue weighted by atomic mass is 32.2. The fraction of sp³-hybridized carbons (Fsp3) is 1.00. The lowest BCUT2D eigenvalue weighted by Crippen LogP contribution is -2.53. The van der Waals surface area contributed by atoms with Crippen molar-refractivity contribution in [2.45, 2.75) is 69.8 Å². The molecule has 4 heteroatoms. The Hall–Kier alpha value is 0.0700. The summed E-state index contributed by atoms with van der Waals surface area (Å²) in [6, 6.07) is -0.0358. The van der Waals surface area contributed by atoms with Crippen molar-refractivity contribution in [3.63, 3.8) is 0 Å². The second-order valence-corrected chi connectivity index (χ2v) is 7.65. The molecule has 1 unspecified atom stereocenters. The van der Waals surface area contributed by atoms with Crippen LogP contribution < -0.4 is 4.72 Å². The van der Waals surface area contributed by atoms with Crippen molar-refractivity contribution in [1.82, 2.24) is 4.72 Å². The minimum atomic E-state index is -1.09. The summed E-state index contributed by atoms with van der Waals surface area (Å²) in [4.78, 5) is 0. The molecule has 0 aliphatic heterocycles. The lowest BCUT2D eigenvalue weighted by atomic mass is 9.82. The number of hydrogen-bond acceptors (Lipinski definition) is 2. The van der Waals surface area contributed by atoms with Crippen LogP contribution in [0.5, 0.6) is 0 Å². The highest BCUT2D eigenvalue weighted by molar-refractivity contribution is 7.84. The van der Waals surface area contributed by atoms with Crippen LogP contribution >= 0.6 is 0 Å². The maximum Gasteiger partial charge on any atom is 0.0973 e. The Labute approximate surface area is 95.2 Å². The Kier molecular flexibility index (Phi) is 3.95. The van der Waals surface area contributed by atoms with E-state index in [4.69, 9.17) is 0 Å².